The number of hydrogen-bond donors (Lipinski definition) is 1. The van der Waals surface area contributed by atoms with Crippen LogP contribution < -0.4 is 4.90 Å². The lowest BCUT2D eigenvalue weighted by Crippen LogP contribution is -3.15. The summed E-state index contributed by atoms with van der Waals surface area (Å²) in [5.41, 5.74) is 0. The van der Waals surface area contributed by atoms with Gasteiger partial charge in [-0.15, -0.1) is 0 Å². The van der Waals surface area contributed by atoms with Crippen LogP contribution in [-0.4, -0.2) is 52.3 Å². The molecule has 0 spiro atoms. The van der Waals surface area contributed by atoms with Crippen LogP contribution in [-0.2, 0) is 14.3 Å². The summed E-state index contributed by atoms with van der Waals surface area (Å²) in [6.07, 6.45) is 1.54. The van der Waals surface area contributed by atoms with E-state index in [2.05, 4.69) is 4.74 Å². The molecule has 1 fully saturated rings. The van der Waals surface area contributed by atoms with Crippen LogP contribution in [0.15, 0.2) is 0 Å². The largest absolute Gasteiger partial charge is 0.531 e. The predicted octanol–water partition coefficient (Wildman–Crippen LogP) is 0.390. The summed E-state index contributed by atoms with van der Waals surface area (Å²) in [5, 5.41) is 0. The van der Waals surface area contributed by atoms with E-state index >= 15 is 0 Å². The first-order valence-electron chi connectivity index (χ1n) is 6.63. The highest BCUT2D eigenvalue weighted by Crippen LogP contribution is 2.08. The van der Waals surface area contributed by atoms with E-state index in [0.717, 1.165) is 0 Å². The van der Waals surface area contributed by atoms with Crippen molar-refractivity contribution < 1.29 is 32.1 Å². The van der Waals surface area contributed by atoms with Crippen molar-refractivity contribution in [3.8, 4) is 0 Å². The third kappa shape index (κ3) is 7.42. The minimum atomic E-state index is -4.70. The van der Waals surface area contributed by atoms with Crippen molar-refractivity contribution in [1.82, 2.24) is 0 Å². The van der Waals surface area contributed by atoms with E-state index in [1.165, 1.54) is 7.11 Å². The number of piperidine rings is 1. The Balaban J connectivity index is 2.08. The monoisotopic (exact) mass is 283 g/mol. The van der Waals surface area contributed by atoms with Crippen molar-refractivity contribution in [1.29, 1.82) is 0 Å². The van der Waals surface area contributed by atoms with Gasteiger partial charge in [0, 0.05) is 25.9 Å². The number of quaternary nitrogens is 1. The van der Waals surface area contributed by atoms with Crippen LogP contribution in [0.1, 0.15) is 25.7 Å². The molecule has 0 saturated carbocycles. The van der Waals surface area contributed by atoms with E-state index < -0.39 is 13.4 Å². The van der Waals surface area contributed by atoms with Crippen molar-refractivity contribution in [2.75, 3.05) is 33.3 Å². The Morgan fingerprint density at radius 3 is 2.47 bits per heavy atom. The van der Waals surface area contributed by atoms with Crippen LogP contribution >= 0.6 is 0 Å². The highest BCUT2D eigenvalue weighted by molar-refractivity contribution is 6.58. The molecule has 0 radical (unpaired) electrons. The average Bonchev–Trinajstić information content (AvgIpc) is 2.34. The second kappa shape index (κ2) is 7.74. The van der Waals surface area contributed by atoms with Gasteiger partial charge in [0.2, 0.25) is 0 Å². The molecule has 1 N–H and O–H groups in total. The minimum Gasteiger partial charge on any atom is -0.469 e. The van der Waals surface area contributed by atoms with Gasteiger partial charge >= 0.3 is 12.9 Å². The predicted molar refractivity (Wildman–Crippen MR) is 64.9 cm³/mol. The zero-order chi connectivity index (χ0) is 14.3. The summed E-state index contributed by atoms with van der Waals surface area (Å²) in [6, 6.07) is 0. The lowest BCUT2D eigenvalue weighted by Gasteiger charge is -2.32. The second-order valence-corrected chi connectivity index (χ2v) is 4.91. The number of carbonyl (C=O) groups is 1. The molecule has 0 aromatic heterocycles. The Hall–Kier alpha value is -0.755. The molecule has 0 bridgehead atoms. The lowest BCUT2D eigenvalue weighted by atomic mass is 9.90. The summed E-state index contributed by atoms with van der Waals surface area (Å²) in [7, 11) is 1.34. The van der Waals surface area contributed by atoms with Crippen LogP contribution in [0.25, 0.3) is 0 Å². The quantitative estimate of drug-likeness (QED) is 0.417. The summed E-state index contributed by atoms with van der Waals surface area (Å²) in [6.45, 7) is -3.24. The SMILES string of the molecule is COC(=O)CCCOC1CC[NH+](C[B-](F)(F)F)CC1. The summed E-state index contributed by atoms with van der Waals surface area (Å²) >= 11 is 0. The van der Waals surface area contributed by atoms with E-state index in [9.17, 15) is 17.7 Å². The fourth-order valence-corrected chi connectivity index (χ4v) is 2.27. The summed E-state index contributed by atoms with van der Waals surface area (Å²) < 4.78 is 46.8. The molecule has 1 saturated heterocycles. The van der Waals surface area contributed by atoms with Crippen LogP contribution in [0.4, 0.5) is 12.9 Å². The minimum absolute atomic E-state index is 0.0298. The molecule has 19 heavy (non-hydrogen) atoms. The molecule has 0 aromatic carbocycles. The van der Waals surface area contributed by atoms with E-state index in [1.807, 2.05) is 0 Å². The van der Waals surface area contributed by atoms with Gasteiger partial charge in [-0.1, -0.05) is 0 Å². The molecule has 0 aliphatic carbocycles. The highest BCUT2D eigenvalue weighted by atomic mass is 19.4. The number of methoxy groups -OCH3 is 1. The molecule has 0 unspecified atom stereocenters. The van der Waals surface area contributed by atoms with Gasteiger partial charge in [0.15, 0.2) is 0 Å². The number of likely N-dealkylation sites (tertiary alicyclic amines) is 1. The van der Waals surface area contributed by atoms with E-state index in [4.69, 9.17) is 4.74 Å². The third-order valence-corrected chi connectivity index (χ3v) is 3.27. The van der Waals surface area contributed by atoms with E-state index in [1.54, 1.807) is 0 Å². The molecule has 1 rings (SSSR count). The maximum absolute atomic E-state index is 12.3. The second-order valence-electron chi connectivity index (χ2n) is 4.91. The third-order valence-electron chi connectivity index (χ3n) is 3.27. The van der Waals surface area contributed by atoms with Gasteiger partial charge in [-0.05, 0) is 6.42 Å². The number of carbonyl (C=O) groups excluding carboxylic acids is 1. The number of rotatable bonds is 7. The Kier molecular flexibility index (Phi) is 6.64. The molecule has 112 valence electrons. The summed E-state index contributed by atoms with van der Waals surface area (Å²) in [4.78, 5) is 11.5. The lowest BCUT2D eigenvalue weighted by molar-refractivity contribution is -0.897. The zero-order valence-corrected chi connectivity index (χ0v) is 11.2. The van der Waals surface area contributed by atoms with Gasteiger partial charge < -0.3 is 27.3 Å². The first-order valence-corrected chi connectivity index (χ1v) is 6.63. The normalized spacial score (nSPS) is 24.2. The van der Waals surface area contributed by atoms with Crippen LogP contribution in [0.2, 0.25) is 0 Å². The number of ether oxygens (including phenoxy) is 2. The molecule has 0 aromatic rings. The van der Waals surface area contributed by atoms with Crippen LogP contribution in [0.5, 0.6) is 0 Å². The fraction of sp³-hybridized carbons (Fsp3) is 0.909. The van der Waals surface area contributed by atoms with Crippen molar-refractivity contribution in [2.24, 2.45) is 0 Å². The van der Waals surface area contributed by atoms with Crippen molar-refractivity contribution in [3.05, 3.63) is 0 Å². The standard InChI is InChI=1S/C11H20BF3NO3/c1-18-11(17)3-2-8-19-10-4-6-16(7-5-10)9-12(13,14)15/h10H,2-9H2,1H3/q-1/p+1. The zero-order valence-electron chi connectivity index (χ0n) is 11.2. The Morgan fingerprint density at radius 2 is 1.95 bits per heavy atom. The van der Waals surface area contributed by atoms with Crippen LogP contribution in [0.3, 0.4) is 0 Å². The molecule has 4 nitrogen and oxygen atoms in total. The molecular weight excluding hydrogens is 262 g/mol. The topological polar surface area (TPSA) is 40.0 Å². The maximum Gasteiger partial charge on any atom is 0.531 e. The molecule has 0 atom stereocenters. The Morgan fingerprint density at radius 1 is 1.32 bits per heavy atom. The Labute approximate surface area is 111 Å². The van der Waals surface area contributed by atoms with Gasteiger partial charge in [-0.2, -0.15) is 0 Å². The highest BCUT2D eigenvalue weighted by Gasteiger charge is 2.32. The molecular formula is C11H21BF3NO3. The molecule has 1 aliphatic heterocycles. The number of nitrogens with one attached hydrogen (secondary N) is 1. The van der Waals surface area contributed by atoms with Gasteiger partial charge in [-0.25, -0.2) is 0 Å². The van der Waals surface area contributed by atoms with Gasteiger partial charge in [-0.3, -0.25) is 4.79 Å². The number of hydrogen-bond acceptors (Lipinski definition) is 3. The van der Waals surface area contributed by atoms with Crippen molar-refractivity contribution >= 4 is 12.9 Å². The van der Waals surface area contributed by atoms with Crippen molar-refractivity contribution in [3.63, 3.8) is 0 Å². The first-order chi connectivity index (χ1) is 8.90. The summed E-state index contributed by atoms with van der Waals surface area (Å²) in [5.74, 6) is -0.268. The van der Waals surface area contributed by atoms with E-state index in [-0.39, 0.29) is 12.1 Å². The average molecular weight is 283 g/mol. The number of halogens is 3. The van der Waals surface area contributed by atoms with Crippen molar-refractivity contribution in [2.45, 2.75) is 31.8 Å². The van der Waals surface area contributed by atoms with Gasteiger partial charge in [0.05, 0.1) is 32.7 Å². The smallest absolute Gasteiger partial charge is 0.469 e. The van der Waals surface area contributed by atoms with Gasteiger partial charge in [0.25, 0.3) is 0 Å². The van der Waals surface area contributed by atoms with Crippen LogP contribution in [0, 0.1) is 0 Å². The molecule has 1 heterocycles. The Bertz CT molecular complexity index is 281. The molecule has 8 heteroatoms. The first kappa shape index (κ1) is 16.3. The molecule has 0 amide bonds. The maximum atomic E-state index is 12.3. The number of esters is 1. The molecule has 1 aliphatic rings. The van der Waals surface area contributed by atoms with E-state index in [0.29, 0.717) is 50.3 Å². The van der Waals surface area contributed by atoms with Gasteiger partial charge in [0.1, 0.15) is 0 Å². The fourth-order valence-electron chi connectivity index (χ4n) is 2.27.